The molecule has 4 heteroatoms. The van der Waals surface area contributed by atoms with E-state index in [-0.39, 0.29) is 11.8 Å². The van der Waals surface area contributed by atoms with Crippen LogP contribution in [0.15, 0.2) is 24.3 Å². The molecule has 2 amide bonds. The second-order valence-corrected chi connectivity index (χ2v) is 5.47. The van der Waals surface area contributed by atoms with Crippen LogP contribution < -0.4 is 10.6 Å². The molecule has 0 aliphatic heterocycles. The minimum atomic E-state index is -0.229. The van der Waals surface area contributed by atoms with E-state index >= 15 is 0 Å². The second-order valence-electron chi connectivity index (χ2n) is 5.47. The van der Waals surface area contributed by atoms with E-state index in [1.807, 2.05) is 0 Å². The van der Waals surface area contributed by atoms with Gasteiger partial charge in [0.1, 0.15) is 5.82 Å². The average Bonchev–Trinajstić information content (AvgIpc) is 2.70. The highest BCUT2D eigenvalue weighted by molar-refractivity contribution is 5.74. The van der Waals surface area contributed by atoms with Crippen LogP contribution in [0.4, 0.5) is 9.18 Å². The monoisotopic (exact) mass is 278 g/mol. The molecule has 1 aliphatic rings. The van der Waals surface area contributed by atoms with Crippen molar-refractivity contribution in [2.75, 3.05) is 6.54 Å². The quantitative estimate of drug-likeness (QED) is 0.814. The third-order valence-electron chi connectivity index (χ3n) is 3.80. The summed E-state index contributed by atoms with van der Waals surface area (Å²) in [6, 6.07) is 6.63. The molecular weight excluding hydrogens is 255 g/mol. The van der Waals surface area contributed by atoms with E-state index in [1.165, 1.54) is 37.8 Å². The van der Waals surface area contributed by atoms with Crippen molar-refractivity contribution in [3.63, 3.8) is 0 Å². The molecule has 1 fully saturated rings. The van der Waals surface area contributed by atoms with Gasteiger partial charge in [0.25, 0.3) is 0 Å². The summed E-state index contributed by atoms with van der Waals surface area (Å²) in [6.07, 6.45) is 7.88. The maximum absolute atomic E-state index is 12.8. The summed E-state index contributed by atoms with van der Waals surface area (Å²) in [5.41, 5.74) is 1.03. The molecule has 0 radical (unpaired) electrons. The number of hydrogen-bond donors (Lipinski definition) is 2. The van der Waals surface area contributed by atoms with Crippen LogP contribution in [0.25, 0.3) is 0 Å². The van der Waals surface area contributed by atoms with Crippen LogP contribution in [0.2, 0.25) is 0 Å². The van der Waals surface area contributed by atoms with Gasteiger partial charge in [0.05, 0.1) is 0 Å². The molecule has 1 aromatic carbocycles. The molecule has 1 aliphatic carbocycles. The van der Waals surface area contributed by atoms with Crippen molar-refractivity contribution in [2.24, 2.45) is 0 Å². The van der Waals surface area contributed by atoms with Gasteiger partial charge in [-0.25, -0.2) is 9.18 Å². The molecule has 0 heterocycles. The molecule has 0 spiro atoms. The third kappa shape index (κ3) is 5.19. The molecule has 2 rings (SSSR count). The maximum Gasteiger partial charge on any atom is 0.315 e. The Hall–Kier alpha value is -1.58. The lowest BCUT2D eigenvalue weighted by atomic mass is 10.1. The van der Waals surface area contributed by atoms with E-state index in [9.17, 15) is 9.18 Å². The lowest BCUT2D eigenvalue weighted by Gasteiger charge is -2.16. The Bertz CT molecular complexity index is 411. The highest BCUT2D eigenvalue weighted by Gasteiger charge is 2.14. The van der Waals surface area contributed by atoms with Gasteiger partial charge in [0.15, 0.2) is 0 Å². The highest BCUT2D eigenvalue weighted by Crippen LogP contribution is 2.16. The first-order chi connectivity index (χ1) is 9.74. The third-order valence-corrected chi connectivity index (χ3v) is 3.80. The molecule has 0 saturated heterocycles. The van der Waals surface area contributed by atoms with Crippen LogP contribution in [0, 0.1) is 5.82 Å². The first-order valence-electron chi connectivity index (χ1n) is 7.53. The van der Waals surface area contributed by atoms with Crippen molar-refractivity contribution in [1.82, 2.24) is 10.6 Å². The molecule has 3 nitrogen and oxygen atoms in total. The van der Waals surface area contributed by atoms with Gasteiger partial charge in [-0.15, -0.1) is 0 Å². The number of carbonyl (C=O) groups excluding carboxylic acids is 1. The summed E-state index contributed by atoms with van der Waals surface area (Å²) in [7, 11) is 0. The summed E-state index contributed by atoms with van der Waals surface area (Å²) < 4.78 is 12.8. The lowest BCUT2D eigenvalue weighted by Crippen LogP contribution is -2.42. The number of nitrogens with one attached hydrogen (secondary N) is 2. The van der Waals surface area contributed by atoms with Gasteiger partial charge in [-0.05, 0) is 37.0 Å². The minimum Gasteiger partial charge on any atom is -0.338 e. The van der Waals surface area contributed by atoms with Crippen LogP contribution in [-0.4, -0.2) is 18.6 Å². The van der Waals surface area contributed by atoms with Crippen molar-refractivity contribution in [3.8, 4) is 0 Å². The van der Waals surface area contributed by atoms with E-state index in [0.29, 0.717) is 12.6 Å². The summed E-state index contributed by atoms with van der Waals surface area (Å²) in [5.74, 6) is -0.229. The Morgan fingerprint density at radius 1 is 1.10 bits per heavy atom. The van der Waals surface area contributed by atoms with Crippen LogP contribution in [0.3, 0.4) is 0 Å². The molecule has 110 valence electrons. The Balaban J connectivity index is 1.65. The van der Waals surface area contributed by atoms with Crippen LogP contribution >= 0.6 is 0 Å². The largest absolute Gasteiger partial charge is 0.338 e. The van der Waals surface area contributed by atoms with Crippen LogP contribution in [-0.2, 0) is 6.42 Å². The van der Waals surface area contributed by atoms with Gasteiger partial charge in [-0.3, -0.25) is 0 Å². The molecule has 20 heavy (non-hydrogen) atoms. The van der Waals surface area contributed by atoms with E-state index in [2.05, 4.69) is 10.6 Å². The van der Waals surface area contributed by atoms with Crippen LogP contribution in [0.1, 0.15) is 44.1 Å². The summed E-state index contributed by atoms with van der Waals surface area (Å²) in [4.78, 5) is 11.8. The number of urea groups is 1. The molecule has 0 unspecified atom stereocenters. The Morgan fingerprint density at radius 3 is 2.40 bits per heavy atom. The number of halogens is 1. The number of benzene rings is 1. The summed E-state index contributed by atoms with van der Waals surface area (Å²) in [6.45, 7) is 0.574. The van der Waals surface area contributed by atoms with Crippen molar-refractivity contribution < 1.29 is 9.18 Å². The molecule has 0 aromatic heterocycles. The van der Waals surface area contributed by atoms with Crippen molar-refractivity contribution in [2.45, 2.75) is 51.0 Å². The Morgan fingerprint density at radius 2 is 1.75 bits per heavy atom. The SMILES string of the molecule is O=C(NCCc1ccc(F)cc1)NC1CCCCCC1. The van der Waals surface area contributed by atoms with E-state index in [1.54, 1.807) is 12.1 Å². The molecule has 1 aromatic rings. The second kappa shape index (κ2) is 7.88. The zero-order valence-electron chi connectivity index (χ0n) is 11.8. The van der Waals surface area contributed by atoms with Gasteiger partial charge < -0.3 is 10.6 Å². The van der Waals surface area contributed by atoms with Crippen molar-refractivity contribution >= 4 is 6.03 Å². The lowest BCUT2D eigenvalue weighted by molar-refractivity contribution is 0.235. The average molecular weight is 278 g/mol. The molecule has 2 N–H and O–H groups in total. The van der Waals surface area contributed by atoms with E-state index in [4.69, 9.17) is 0 Å². The standard InChI is InChI=1S/C16H23FN2O/c17-14-9-7-13(8-10-14)11-12-18-16(20)19-15-5-3-1-2-4-6-15/h7-10,15H,1-6,11-12H2,(H2,18,19,20). The predicted molar refractivity (Wildman–Crippen MR) is 78.1 cm³/mol. The maximum atomic E-state index is 12.8. The number of carbonyl (C=O) groups is 1. The molecule has 1 saturated carbocycles. The number of amides is 2. The Kier molecular flexibility index (Phi) is 5.84. The van der Waals surface area contributed by atoms with Gasteiger partial charge in [0, 0.05) is 12.6 Å². The Labute approximate surface area is 120 Å². The van der Waals surface area contributed by atoms with Crippen LogP contribution in [0.5, 0.6) is 0 Å². The van der Waals surface area contributed by atoms with E-state index in [0.717, 1.165) is 24.8 Å². The van der Waals surface area contributed by atoms with Crippen molar-refractivity contribution in [1.29, 1.82) is 0 Å². The fraction of sp³-hybridized carbons (Fsp3) is 0.562. The van der Waals surface area contributed by atoms with E-state index < -0.39 is 0 Å². The predicted octanol–water partition coefficient (Wildman–Crippen LogP) is 3.39. The smallest absolute Gasteiger partial charge is 0.315 e. The normalized spacial score (nSPS) is 16.4. The highest BCUT2D eigenvalue weighted by atomic mass is 19.1. The fourth-order valence-electron chi connectivity index (χ4n) is 2.63. The molecule has 0 atom stereocenters. The topological polar surface area (TPSA) is 41.1 Å². The number of rotatable bonds is 4. The fourth-order valence-corrected chi connectivity index (χ4v) is 2.63. The summed E-state index contributed by atoms with van der Waals surface area (Å²) in [5, 5.41) is 5.91. The first-order valence-corrected chi connectivity index (χ1v) is 7.53. The van der Waals surface area contributed by atoms with Crippen molar-refractivity contribution in [3.05, 3.63) is 35.6 Å². The van der Waals surface area contributed by atoms with Gasteiger partial charge in [-0.2, -0.15) is 0 Å². The van der Waals surface area contributed by atoms with Gasteiger partial charge in [-0.1, -0.05) is 37.8 Å². The zero-order chi connectivity index (χ0) is 14.2. The van der Waals surface area contributed by atoms with Gasteiger partial charge >= 0.3 is 6.03 Å². The molecular formula is C16H23FN2O. The first kappa shape index (κ1) is 14.8. The van der Waals surface area contributed by atoms with Gasteiger partial charge in [0.2, 0.25) is 0 Å². The zero-order valence-corrected chi connectivity index (χ0v) is 11.8. The summed E-state index contributed by atoms with van der Waals surface area (Å²) >= 11 is 0. The number of hydrogen-bond acceptors (Lipinski definition) is 1. The molecule has 0 bridgehead atoms. The minimum absolute atomic E-state index is 0.0842.